The van der Waals surface area contributed by atoms with Gasteiger partial charge in [0.15, 0.2) is 0 Å². The molecule has 0 aliphatic rings. The number of benzene rings is 2. The fraction of sp³-hybridized carbons (Fsp3) is 0.133. The first-order valence-corrected chi connectivity index (χ1v) is 7.06. The zero-order chi connectivity index (χ0) is 15.1. The van der Waals surface area contributed by atoms with Gasteiger partial charge in [0.05, 0.1) is 27.1 Å². The molecule has 0 bridgehead atoms. The molecule has 1 heterocycles. The number of hydrogen-bond donors (Lipinski definition) is 0. The number of hydrogen-bond acceptors (Lipinski definition) is 1. The molecule has 0 radical (unpaired) electrons. The molecule has 0 saturated carbocycles. The van der Waals surface area contributed by atoms with Crippen molar-refractivity contribution < 1.29 is 8.78 Å². The monoisotopic (exact) mass is 326 g/mol. The van der Waals surface area contributed by atoms with Gasteiger partial charge in [0, 0.05) is 6.07 Å². The minimum atomic E-state index is -0.536. The fourth-order valence-corrected chi connectivity index (χ4v) is 2.50. The molecule has 0 N–H and O–H groups in total. The molecule has 6 heteroatoms. The van der Waals surface area contributed by atoms with Crippen LogP contribution in [0.4, 0.5) is 8.78 Å². The van der Waals surface area contributed by atoms with Crippen LogP contribution in [0.5, 0.6) is 0 Å². The number of imidazole rings is 1. The van der Waals surface area contributed by atoms with Crippen LogP contribution < -0.4 is 0 Å². The van der Waals surface area contributed by atoms with Crippen molar-refractivity contribution in [3.63, 3.8) is 0 Å². The summed E-state index contributed by atoms with van der Waals surface area (Å²) in [5.41, 5.74) is 1.65. The summed E-state index contributed by atoms with van der Waals surface area (Å²) in [4.78, 5) is 4.34. The molecule has 0 aliphatic carbocycles. The van der Waals surface area contributed by atoms with E-state index in [0.717, 1.165) is 0 Å². The Morgan fingerprint density at radius 2 is 1.90 bits per heavy atom. The van der Waals surface area contributed by atoms with E-state index in [4.69, 9.17) is 23.2 Å². The van der Waals surface area contributed by atoms with Gasteiger partial charge in [-0.05, 0) is 37.3 Å². The van der Waals surface area contributed by atoms with E-state index in [-0.39, 0.29) is 10.8 Å². The Morgan fingerprint density at radius 1 is 1.14 bits per heavy atom. The second-order valence-corrected chi connectivity index (χ2v) is 5.71. The second kappa shape index (κ2) is 5.28. The standard InChI is InChI=1S/C15H10Cl2F2N2/c1-8(16)15-20-13-6-9(18)2-5-14(13)21(15)10-3-4-11(17)12(19)7-10/h2-8H,1H3. The quantitative estimate of drug-likeness (QED) is 0.587. The molecule has 108 valence electrons. The van der Waals surface area contributed by atoms with Gasteiger partial charge in [-0.25, -0.2) is 13.8 Å². The third kappa shape index (κ3) is 2.49. The van der Waals surface area contributed by atoms with E-state index in [1.165, 1.54) is 24.3 Å². The summed E-state index contributed by atoms with van der Waals surface area (Å²) in [6, 6.07) is 8.67. The Labute approximate surface area is 129 Å². The lowest BCUT2D eigenvalue weighted by Gasteiger charge is -2.11. The summed E-state index contributed by atoms with van der Waals surface area (Å²) in [6.45, 7) is 1.75. The van der Waals surface area contributed by atoms with Crippen LogP contribution in [0.25, 0.3) is 16.7 Å². The lowest BCUT2D eigenvalue weighted by Crippen LogP contribution is -2.02. The third-order valence-electron chi connectivity index (χ3n) is 3.16. The largest absolute Gasteiger partial charge is 0.295 e. The van der Waals surface area contributed by atoms with E-state index in [1.54, 1.807) is 23.6 Å². The number of fused-ring (bicyclic) bond motifs is 1. The summed E-state index contributed by atoms with van der Waals surface area (Å²) in [7, 11) is 0. The Balaban J connectivity index is 2.33. The highest BCUT2D eigenvalue weighted by Crippen LogP contribution is 2.29. The molecule has 1 unspecified atom stereocenters. The van der Waals surface area contributed by atoms with Crippen LogP contribution in [-0.4, -0.2) is 9.55 Å². The zero-order valence-corrected chi connectivity index (χ0v) is 12.5. The van der Waals surface area contributed by atoms with Gasteiger partial charge in [-0.1, -0.05) is 11.6 Å². The Morgan fingerprint density at radius 3 is 2.57 bits per heavy atom. The summed E-state index contributed by atoms with van der Waals surface area (Å²) in [6.07, 6.45) is 0. The van der Waals surface area contributed by atoms with Crippen molar-refractivity contribution in [2.75, 3.05) is 0 Å². The highest BCUT2D eigenvalue weighted by atomic mass is 35.5. The smallest absolute Gasteiger partial charge is 0.143 e. The van der Waals surface area contributed by atoms with E-state index < -0.39 is 11.2 Å². The van der Waals surface area contributed by atoms with E-state index in [2.05, 4.69) is 4.98 Å². The lowest BCUT2D eigenvalue weighted by molar-refractivity contribution is 0.626. The number of aromatic nitrogens is 2. The van der Waals surface area contributed by atoms with Crippen LogP contribution >= 0.6 is 23.2 Å². The molecule has 0 spiro atoms. The minimum Gasteiger partial charge on any atom is -0.295 e. The van der Waals surface area contributed by atoms with Gasteiger partial charge in [-0.3, -0.25) is 4.57 Å². The lowest BCUT2D eigenvalue weighted by atomic mass is 10.2. The molecular weight excluding hydrogens is 317 g/mol. The van der Waals surface area contributed by atoms with Crippen molar-refractivity contribution in [2.45, 2.75) is 12.3 Å². The molecule has 0 aliphatic heterocycles. The van der Waals surface area contributed by atoms with E-state index in [9.17, 15) is 8.78 Å². The Hall–Kier alpha value is -1.65. The molecule has 1 atom stereocenters. The number of nitrogens with zero attached hydrogens (tertiary/aromatic N) is 2. The molecule has 0 fully saturated rings. The maximum absolute atomic E-state index is 13.7. The number of alkyl halides is 1. The SMILES string of the molecule is CC(Cl)c1nc2cc(F)ccc2n1-c1ccc(Cl)c(F)c1. The van der Waals surface area contributed by atoms with Crippen LogP contribution in [0.15, 0.2) is 36.4 Å². The average Bonchev–Trinajstić information content (AvgIpc) is 2.80. The van der Waals surface area contributed by atoms with Crippen LogP contribution in [-0.2, 0) is 0 Å². The van der Waals surface area contributed by atoms with Crippen molar-refractivity contribution in [3.8, 4) is 5.69 Å². The molecule has 1 aromatic heterocycles. The van der Waals surface area contributed by atoms with E-state index >= 15 is 0 Å². The summed E-state index contributed by atoms with van der Waals surface area (Å²) in [5.74, 6) is -0.409. The molecule has 0 saturated heterocycles. The molecule has 21 heavy (non-hydrogen) atoms. The third-order valence-corrected chi connectivity index (χ3v) is 3.66. The number of halogens is 4. The molecule has 0 amide bonds. The first kappa shape index (κ1) is 14.3. The van der Waals surface area contributed by atoms with Crippen molar-refractivity contribution in [1.29, 1.82) is 0 Å². The van der Waals surface area contributed by atoms with Gasteiger partial charge in [0.25, 0.3) is 0 Å². The summed E-state index contributed by atoms with van der Waals surface area (Å²) < 4.78 is 28.7. The van der Waals surface area contributed by atoms with Crippen LogP contribution in [0.1, 0.15) is 18.1 Å². The Kier molecular flexibility index (Phi) is 3.59. The maximum atomic E-state index is 13.7. The highest BCUT2D eigenvalue weighted by Gasteiger charge is 2.17. The maximum Gasteiger partial charge on any atom is 0.143 e. The van der Waals surface area contributed by atoms with Crippen molar-refractivity contribution in [3.05, 3.63) is 58.9 Å². The van der Waals surface area contributed by atoms with Crippen LogP contribution in [0.2, 0.25) is 5.02 Å². The fourth-order valence-electron chi connectivity index (χ4n) is 2.23. The zero-order valence-electron chi connectivity index (χ0n) is 10.9. The molecule has 2 nitrogen and oxygen atoms in total. The van der Waals surface area contributed by atoms with Gasteiger partial charge in [0.2, 0.25) is 0 Å². The first-order valence-electron chi connectivity index (χ1n) is 6.25. The van der Waals surface area contributed by atoms with Crippen molar-refractivity contribution >= 4 is 34.2 Å². The Bertz CT molecular complexity index is 828. The topological polar surface area (TPSA) is 17.8 Å². The second-order valence-electron chi connectivity index (χ2n) is 4.65. The van der Waals surface area contributed by atoms with Gasteiger partial charge in [-0.2, -0.15) is 0 Å². The molecular formula is C15H10Cl2F2N2. The van der Waals surface area contributed by atoms with Gasteiger partial charge in [0.1, 0.15) is 17.5 Å². The number of rotatable bonds is 2. The molecule has 3 rings (SSSR count). The summed E-state index contributed by atoms with van der Waals surface area (Å²) in [5, 5.41) is -0.381. The van der Waals surface area contributed by atoms with Gasteiger partial charge < -0.3 is 0 Å². The normalized spacial score (nSPS) is 12.8. The molecule has 2 aromatic carbocycles. The van der Waals surface area contributed by atoms with E-state index in [0.29, 0.717) is 22.5 Å². The summed E-state index contributed by atoms with van der Waals surface area (Å²) >= 11 is 11.9. The van der Waals surface area contributed by atoms with Crippen molar-refractivity contribution in [1.82, 2.24) is 9.55 Å². The average molecular weight is 327 g/mol. The van der Waals surface area contributed by atoms with Crippen LogP contribution in [0.3, 0.4) is 0 Å². The first-order chi connectivity index (χ1) is 9.97. The predicted molar refractivity (Wildman–Crippen MR) is 80.3 cm³/mol. The van der Waals surface area contributed by atoms with Gasteiger partial charge in [-0.15, -0.1) is 11.6 Å². The van der Waals surface area contributed by atoms with E-state index in [1.807, 2.05) is 0 Å². The highest BCUT2D eigenvalue weighted by molar-refractivity contribution is 6.30. The predicted octanol–water partition coefficient (Wildman–Crippen LogP) is 5.26. The van der Waals surface area contributed by atoms with Crippen molar-refractivity contribution in [2.24, 2.45) is 0 Å². The minimum absolute atomic E-state index is 0.0367. The van der Waals surface area contributed by atoms with Gasteiger partial charge >= 0.3 is 0 Å². The van der Waals surface area contributed by atoms with Crippen LogP contribution in [0, 0.1) is 11.6 Å². The molecule has 3 aromatic rings.